The second-order valence-electron chi connectivity index (χ2n) is 3.26. The average molecular weight is 241 g/mol. The van der Waals surface area contributed by atoms with Crippen molar-refractivity contribution in [3.8, 4) is 0 Å². The van der Waals surface area contributed by atoms with Crippen molar-refractivity contribution in [2.75, 3.05) is 7.11 Å². The lowest BCUT2D eigenvalue weighted by Gasteiger charge is -2.14. The Bertz CT molecular complexity index is 430. The number of carbonyl (C=O) groups is 2. The van der Waals surface area contributed by atoms with Gasteiger partial charge in [0, 0.05) is 7.11 Å². The molecule has 6 heteroatoms. The molecule has 1 unspecified atom stereocenters. The van der Waals surface area contributed by atoms with Crippen LogP contribution in [0.4, 0.5) is 0 Å². The van der Waals surface area contributed by atoms with E-state index in [0.717, 1.165) is 0 Å². The largest absolute Gasteiger partial charge is 0.478 e. The van der Waals surface area contributed by atoms with Crippen LogP contribution in [0.5, 0.6) is 0 Å². The summed E-state index contributed by atoms with van der Waals surface area (Å²) in [5, 5.41) is 17.9. The van der Waals surface area contributed by atoms with Crippen molar-refractivity contribution in [3.05, 3.63) is 34.9 Å². The Morgan fingerprint density at radius 1 is 1.24 bits per heavy atom. The van der Waals surface area contributed by atoms with E-state index in [9.17, 15) is 9.59 Å². The number of carboxylic acids is 2. The molecule has 0 saturated heterocycles. The fourth-order valence-electron chi connectivity index (χ4n) is 1.45. The first kappa shape index (κ1) is 15.1. The molecular formula is C11H15NO5. The highest BCUT2D eigenvalue weighted by molar-refractivity contribution is 6.02. The normalized spacial score (nSPS) is 11.4. The van der Waals surface area contributed by atoms with Crippen LogP contribution in [-0.2, 0) is 4.74 Å². The molecule has 0 spiro atoms. The number of ether oxygens (including phenoxy) is 1. The Labute approximate surface area is 98.4 Å². The van der Waals surface area contributed by atoms with Gasteiger partial charge in [0.2, 0.25) is 0 Å². The van der Waals surface area contributed by atoms with Crippen molar-refractivity contribution in [1.82, 2.24) is 6.15 Å². The van der Waals surface area contributed by atoms with Gasteiger partial charge in [-0.05, 0) is 18.6 Å². The first-order chi connectivity index (χ1) is 7.49. The second-order valence-corrected chi connectivity index (χ2v) is 3.26. The SMILES string of the molecule is COC(C)c1cccc(C(=O)O)c1C(=O)O.N. The Morgan fingerprint density at radius 3 is 2.24 bits per heavy atom. The van der Waals surface area contributed by atoms with E-state index in [2.05, 4.69) is 0 Å². The van der Waals surface area contributed by atoms with E-state index in [1.807, 2.05) is 0 Å². The number of methoxy groups -OCH3 is 1. The smallest absolute Gasteiger partial charge is 0.336 e. The van der Waals surface area contributed by atoms with Gasteiger partial charge in [0.15, 0.2) is 0 Å². The van der Waals surface area contributed by atoms with Gasteiger partial charge < -0.3 is 21.1 Å². The summed E-state index contributed by atoms with van der Waals surface area (Å²) in [5.41, 5.74) is -0.0897. The molecule has 6 nitrogen and oxygen atoms in total. The topological polar surface area (TPSA) is 119 Å². The fraction of sp³-hybridized carbons (Fsp3) is 0.273. The van der Waals surface area contributed by atoms with Crippen LogP contribution in [0.2, 0.25) is 0 Å². The number of carboxylic acid groups (broad SMARTS) is 2. The maximum atomic E-state index is 11.0. The third kappa shape index (κ3) is 3.02. The monoisotopic (exact) mass is 241 g/mol. The molecule has 0 amide bonds. The van der Waals surface area contributed by atoms with Crippen molar-refractivity contribution >= 4 is 11.9 Å². The third-order valence-electron chi connectivity index (χ3n) is 2.33. The van der Waals surface area contributed by atoms with Gasteiger partial charge in [-0.2, -0.15) is 0 Å². The van der Waals surface area contributed by atoms with E-state index >= 15 is 0 Å². The maximum absolute atomic E-state index is 11.0. The highest BCUT2D eigenvalue weighted by Gasteiger charge is 2.22. The zero-order valence-corrected chi connectivity index (χ0v) is 9.64. The second kappa shape index (κ2) is 5.97. The molecule has 1 rings (SSSR count). The maximum Gasteiger partial charge on any atom is 0.336 e. The molecule has 94 valence electrons. The van der Waals surface area contributed by atoms with Crippen LogP contribution in [0.1, 0.15) is 39.3 Å². The van der Waals surface area contributed by atoms with Crippen LogP contribution in [-0.4, -0.2) is 29.3 Å². The summed E-state index contributed by atoms with van der Waals surface area (Å²) in [5.74, 6) is -2.53. The van der Waals surface area contributed by atoms with Gasteiger partial charge in [-0.1, -0.05) is 12.1 Å². The minimum Gasteiger partial charge on any atom is -0.478 e. The number of aromatic carboxylic acids is 2. The Hall–Kier alpha value is -1.92. The molecule has 0 aromatic heterocycles. The van der Waals surface area contributed by atoms with Gasteiger partial charge in [0.25, 0.3) is 0 Å². The summed E-state index contributed by atoms with van der Waals surface area (Å²) in [6.07, 6.45) is -0.467. The van der Waals surface area contributed by atoms with Crippen LogP contribution in [0.25, 0.3) is 0 Å². The zero-order chi connectivity index (χ0) is 12.3. The Kier molecular flexibility index (Phi) is 5.30. The number of rotatable bonds is 4. The predicted molar refractivity (Wildman–Crippen MR) is 60.8 cm³/mol. The van der Waals surface area contributed by atoms with E-state index in [4.69, 9.17) is 14.9 Å². The molecule has 17 heavy (non-hydrogen) atoms. The molecule has 1 atom stereocenters. The molecule has 1 aromatic rings. The van der Waals surface area contributed by atoms with Gasteiger partial charge in [0.1, 0.15) is 0 Å². The highest BCUT2D eigenvalue weighted by Crippen LogP contribution is 2.23. The van der Waals surface area contributed by atoms with Gasteiger partial charge in [-0.3, -0.25) is 0 Å². The van der Waals surface area contributed by atoms with E-state index in [0.29, 0.717) is 5.56 Å². The summed E-state index contributed by atoms with van der Waals surface area (Å²) in [4.78, 5) is 21.9. The Morgan fingerprint density at radius 2 is 1.82 bits per heavy atom. The van der Waals surface area contributed by atoms with Crippen LogP contribution in [0.15, 0.2) is 18.2 Å². The molecule has 1 aromatic carbocycles. The summed E-state index contributed by atoms with van der Waals surface area (Å²) in [6, 6.07) is 4.31. The molecule has 0 aliphatic heterocycles. The predicted octanol–water partition coefficient (Wildman–Crippen LogP) is 1.95. The summed E-state index contributed by atoms with van der Waals surface area (Å²) >= 11 is 0. The number of benzene rings is 1. The lowest BCUT2D eigenvalue weighted by molar-refractivity contribution is 0.0641. The highest BCUT2D eigenvalue weighted by atomic mass is 16.5. The van der Waals surface area contributed by atoms with Crippen molar-refractivity contribution < 1.29 is 24.5 Å². The summed E-state index contributed by atoms with van der Waals surface area (Å²) in [7, 11) is 1.43. The minimum atomic E-state index is -1.27. The van der Waals surface area contributed by atoms with Gasteiger partial charge in [0.05, 0.1) is 17.2 Å². The molecule has 0 fully saturated rings. The molecule has 0 aliphatic rings. The summed E-state index contributed by atoms with van der Waals surface area (Å²) in [6.45, 7) is 1.66. The van der Waals surface area contributed by atoms with Crippen LogP contribution >= 0.6 is 0 Å². The molecule has 0 heterocycles. The van der Waals surface area contributed by atoms with Crippen molar-refractivity contribution in [1.29, 1.82) is 0 Å². The third-order valence-corrected chi connectivity index (χ3v) is 2.33. The molecule has 0 aliphatic carbocycles. The minimum absolute atomic E-state index is 0. The van der Waals surface area contributed by atoms with Crippen LogP contribution in [0.3, 0.4) is 0 Å². The molecule has 5 N–H and O–H groups in total. The van der Waals surface area contributed by atoms with Gasteiger partial charge in [-0.25, -0.2) is 9.59 Å². The van der Waals surface area contributed by atoms with E-state index in [-0.39, 0.29) is 17.3 Å². The van der Waals surface area contributed by atoms with Gasteiger partial charge >= 0.3 is 11.9 Å². The summed E-state index contributed by atoms with van der Waals surface area (Å²) < 4.78 is 5.01. The zero-order valence-electron chi connectivity index (χ0n) is 9.64. The average Bonchev–Trinajstić information content (AvgIpc) is 2.26. The molecule has 0 saturated carbocycles. The fourth-order valence-corrected chi connectivity index (χ4v) is 1.45. The van der Waals surface area contributed by atoms with E-state index in [1.165, 1.54) is 19.2 Å². The molecule has 0 bridgehead atoms. The lowest BCUT2D eigenvalue weighted by atomic mass is 9.98. The first-order valence-corrected chi connectivity index (χ1v) is 4.61. The lowest BCUT2D eigenvalue weighted by Crippen LogP contribution is -2.13. The van der Waals surface area contributed by atoms with Crippen LogP contribution in [0, 0.1) is 0 Å². The van der Waals surface area contributed by atoms with E-state index in [1.54, 1.807) is 13.0 Å². The van der Waals surface area contributed by atoms with Crippen molar-refractivity contribution in [2.24, 2.45) is 0 Å². The van der Waals surface area contributed by atoms with Crippen molar-refractivity contribution in [2.45, 2.75) is 13.0 Å². The van der Waals surface area contributed by atoms with Crippen LogP contribution < -0.4 is 6.15 Å². The first-order valence-electron chi connectivity index (χ1n) is 4.61. The molecular weight excluding hydrogens is 226 g/mol. The number of hydrogen-bond acceptors (Lipinski definition) is 4. The number of hydrogen-bond donors (Lipinski definition) is 3. The standard InChI is InChI=1S/C11H12O5.H3N/c1-6(16-2)7-4-3-5-8(10(12)13)9(7)11(14)15;/h3-6H,1-2H3,(H,12,13)(H,14,15);1H3. The van der Waals surface area contributed by atoms with E-state index < -0.39 is 18.0 Å². The van der Waals surface area contributed by atoms with Gasteiger partial charge in [-0.15, -0.1) is 0 Å². The molecule has 0 radical (unpaired) electrons. The van der Waals surface area contributed by atoms with Crippen molar-refractivity contribution in [3.63, 3.8) is 0 Å². The quantitative estimate of drug-likeness (QED) is 0.741. The Balaban J connectivity index is 0.00000256.